The van der Waals surface area contributed by atoms with Gasteiger partial charge in [-0.3, -0.25) is 4.79 Å². The molecule has 2 N–H and O–H groups in total. The van der Waals surface area contributed by atoms with Crippen molar-refractivity contribution in [1.29, 1.82) is 0 Å². The van der Waals surface area contributed by atoms with Crippen molar-refractivity contribution in [2.24, 2.45) is 0 Å². The van der Waals surface area contributed by atoms with Gasteiger partial charge in [-0.1, -0.05) is 12.2 Å². The van der Waals surface area contributed by atoms with E-state index in [4.69, 9.17) is 21.7 Å². The number of amides is 1. The van der Waals surface area contributed by atoms with Gasteiger partial charge in [0, 0.05) is 30.3 Å². The Morgan fingerprint density at radius 1 is 1.52 bits per heavy atom. The van der Waals surface area contributed by atoms with Gasteiger partial charge in [-0.25, -0.2) is 0 Å². The van der Waals surface area contributed by atoms with E-state index in [1.807, 2.05) is 19.1 Å². The molecule has 2 heterocycles. The number of carbonyl (C=O) groups excluding carboxylic acids is 1. The average Bonchev–Trinajstić information content (AvgIpc) is 2.90. The smallest absolute Gasteiger partial charge is 0.254 e. The lowest BCUT2D eigenvalue weighted by molar-refractivity contribution is 0.0949. The summed E-state index contributed by atoms with van der Waals surface area (Å²) >= 11 is 5.12. The second kappa shape index (κ2) is 6.42. The summed E-state index contributed by atoms with van der Waals surface area (Å²) in [6, 6.07) is 7.35. The molecule has 1 unspecified atom stereocenters. The van der Waals surface area contributed by atoms with Crippen molar-refractivity contribution in [3.63, 3.8) is 0 Å². The molecule has 2 aromatic rings. The minimum absolute atomic E-state index is 0.169. The molecular weight excluding hydrogens is 312 g/mol. The molecular formula is C17H18N2O3S. The van der Waals surface area contributed by atoms with Crippen LogP contribution in [0.15, 0.2) is 30.5 Å². The van der Waals surface area contributed by atoms with E-state index in [1.165, 1.54) is 0 Å². The first-order valence-corrected chi connectivity index (χ1v) is 7.81. The molecule has 1 aromatic heterocycles. The van der Waals surface area contributed by atoms with Crippen LogP contribution in [0, 0.1) is 4.64 Å². The molecule has 3 rings (SSSR count). The molecule has 0 aliphatic carbocycles. The van der Waals surface area contributed by atoms with Crippen molar-refractivity contribution in [3.05, 3.63) is 51.8 Å². The summed E-state index contributed by atoms with van der Waals surface area (Å²) in [6.45, 7) is 2.38. The molecule has 0 bridgehead atoms. The number of hydrogen-bond acceptors (Lipinski definition) is 4. The number of pyridine rings is 1. The Bertz CT molecular complexity index is 801. The second-order valence-corrected chi connectivity index (χ2v) is 5.91. The van der Waals surface area contributed by atoms with Crippen molar-refractivity contribution in [3.8, 4) is 11.5 Å². The molecule has 1 aliphatic heterocycles. The predicted octanol–water partition coefficient (Wildman–Crippen LogP) is 3.01. The number of carbonyl (C=O) groups is 1. The summed E-state index contributed by atoms with van der Waals surface area (Å²) in [5.74, 6) is 1.39. The van der Waals surface area contributed by atoms with Gasteiger partial charge in [0.2, 0.25) is 0 Å². The number of methoxy groups -OCH3 is 1. The van der Waals surface area contributed by atoms with Gasteiger partial charge in [0.15, 0.2) is 0 Å². The van der Waals surface area contributed by atoms with E-state index >= 15 is 0 Å². The summed E-state index contributed by atoms with van der Waals surface area (Å²) in [7, 11) is 1.62. The highest BCUT2D eigenvalue weighted by Gasteiger charge is 2.22. The van der Waals surface area contributed by atoms with Crippen LogP contribution in [-0.2, 0) is 13.0 Å². The number of aromatic amines is 1. The average molecular weight is 330 g/mol. The Labute approximate surface area is 139 Å². The van der Waals surface area contributed by atoms with E-state index in [2.05, 4.69) is 10.3 Å². The standard InChI is InChI=1S/C17H18N2O3S/c1-10-6-11-7-14(21-2)12(8-15(11)22-10)9-19-16(20)13-4-3-5-18-17(13)23/h3-5,7-8,10H,6,9H2,1-2H3,(H,18,23)(H,19,20). The van der Waals surface area contributed by atoms with Crippen LogP contribution in [0.4, 0.5) is 0 Å². The van der Waals surface area contributed by atoms with Gasteiger partial charge >= 0.3 is 0 Å². The maximum absolute atomic E-state index is 12.3. The monoisotopic (exact) mass is 330 g/mol. The molecule has 0 saturated carbocycles. The van der Waals surface area contributed by atoms with Crippen LogP contribution in [0.2, 0.25) is 0 Å². The maximum atomic E-state index is 12.3. The fraction of sp³-hybridized carbons (Fsp3) is 0.294. The van der Waals surface area contributed by atoms with E-state index in [9.17, 15) is 4.79 Å². The van der Waals surface area contributed by atoms with Gasteiger partial charge in [-0.2, -0.15) is 0 Å². The molecule has 1 amide bonds. The third-order valence-corrected chi connectivity index (χ3v) is 4.14. The first-order valence-electron chi connectivity index (χ1n) is 7.41. The first kappa shape index (κ1) is 15.6. The fourth-order valence-corrected chi connectivity index (χ4v) is 2.91. The maximum Gasteiger partial charge on any atom is 0.254 e. The van der Waals surface area contributed by atoms with Gasteiger partial charge in [0.05, 0.1) is 12.7 Å². The molecule has 6 heteroatoms. The molecule has 5 nitrogen and oxygen atoms in total. The normalized spacial score (nSPS) is 15.7. The van der Waals surface area contributed by atoms with E-state index in [-0.39, 0.29) is 12.0 Å². The third-order valence-electron chi connectivity index (χ3n) is 3.80. The van der Waals surface area contributed by atoms with Gasteiger partial charge in [0.1, 0.15) is 22.2 Å². The van der Waals surface area contributed by atoms with E-state index in [0.717, 1.165) is 29.0 Å². The zero-order chi connectivity index (χ0) is 16.4. The zero-order valence-corrected chi connectivity index (χ0v) is 13.8. The van der Waals surface area contributed by atoms with Crippen molar-refractivity contribution >= 4 is 18.1 Å². The summed E-state index contributed by atoms with van der Waals surface area (Å²) < 4.78 is 11.6. The number of ether oxygens (including phenoxy) is 2. The summed E-state index contributed by atoms with van der Waals surface area (Å²) in [5, 5.41) is 2.87. The van der Waals surface area contributed by atoms with Crippen molar-refractivity contribution in [1.82, 2.24) is 10.3 Å². The van der Waals surface area contributed by atoms with E-state index < -0.39 is 0 Å². The fourth-order valence-electron chi connectivity index (χ4n) is 2.68. The van der Waals surface area contributed by atoms with Crippen LogP contribution < -0.4 is 14.8 Å². The number of H-pyrrole nitrogens is 1. The number of aromatic nitrogens is 1. The van der Waals surface area contributed by atoms with Crippen LogP contribution in [0.3, 0.4) is 0 Å². The number of fused-ring (bicyclic) bond motifs is 1. The van der Waals surface area contributed by atoms with Gasteiger partial charge in [-0.05, 0) is 31.2 Å². The van der Waals surface area contributed by atoms with Gasteiger partial charge in [0.25, 0.3) is 5.91 Å². The lowest BCUT2D eigenvalue weighted by atomic mass is 10.1. The Balaban J connectivity index is 1.78. The Morgan fingerprint density at radius 3 is 3.09 bits per heavy atom. The highest BCUT2D eigenvalue weighted by Crippen LogP contribution is 2.34. The Hall–Kier alpha value is -2.34. The van der Waals surface area contributed by atoms with Crippen LogP contribution >= 0.6 is 12.2 Å². The largest absolute Gasteiger partial charge is 0.496 e. The Kier molecular flexibility index (Phi) is 4.34. The summed E-state index contributed by atoms with van der Waals surface area (Å²) in [6.07, 6.45) is 2.74. The molecule has 120 valence electrons. The second-order valence-electron chi connectivity index (χ2n) is 5.50. The van der Waals surface area contributed by atoms with Gasteiger partial charge in [-0.15, -0.1) is 0 Å². The van der Waals surface area contributed by atoms with Crippen LogP contribution in [-0.4, -0.2) is 24.1 Å². The molecule has 1 atom stereocenters. The third kappa shape index (κ3) is 3.22. The lowest BCUT2D eigenvalue weighted by Crippen LogP contribution is -2.23. The minimum atomic E-state index is -0.219. The topological polar surface area (TPSA) is 63.3 Å². The molecule has 0 spiro atoms. The van der Waals surface area contributed by atoms with Crippen molar-refractivity contribution in [2.45, 2.75) is 26.0 Å². The van der Waals surface area contributed by atoms with Crippen LogP contribution in [0.5, 0.6) is 11.5 Å². The molecule has 0 fully saturated rings. The first-order chi connectivity index (χ1) is 11.1. The Morgan fingerprint density at radius 2 is 2.35 bits per heavy atom. The van der Waals surface area contributed by atoms with Gasteiger partial charge < -0.3 is 19.8 Å². The number of benzene rings is 1. The lowest BCUT2D eigenvalue weighted by Gasteiger charge is -2.12. The molecule has 0 radical (unpaired) electrons. The highest BCUT2D eigenvalue weighted by molar-refractivity contribution is 7.71. The zero-order valence-electron chi connectivity index (χ0n) is 13.0. The molecule has 1 aliphatic rings. The molecule has 0 saturated heterocycles. The highest BCUT2D eigenvalue weighted by atomic mass is 32.1. The summed E-state index contributed by atoms with van der Waals surface area (Å²) in [5.41, 5.74) is 2.46. The number of nitrogens with one attached hydrogen (secondary N) is 2. The molecule has 23 heavy (non-hydrogen) atoms. The minimum Gasteiger partial charge on any atom is -0.496 e. The summed E-state index contributed by atoms with van der Waals surface area (Å²) in [4.78, 5) is 15.1. The number of rotatable bonds is 4. The number of hydrogen-bond donors (Lipinski definition) is 2. The van der Waals surface area contributed by atoms with Crippen molar-refractivity contribution in [2.75, 3.05) is 7.11 Å². The molecule has 1 aromatic carbocycles. The van der Waals surface area contributed by atoms with Crippen LogP contribution in [0.1, 0.15) is 28.4 Å². The van der Waals surface area contributed by atoms with E-state index in [1.54, 1.807) is 25.4 Å². The predicted molar refractivity (Wildman–Crippen MR) is 89.6 cm³/mol. The SMILES string of the molecule is COc1cc2c(cc1CNC(=O)c1ccc[nH]c1=S)OC(C)C2. The van der Waals surface area contributed by atoms with Crippen molar-refractivity contribution < 1.29 is 14.3 Å². The quantitative estimate of drug-likeness (QED) is 0.846. The van der Waals surface area contributed by atoms with E-state index in [0.29, 0.717) is 16.7 Å². The van der Waals surface area contributed by atoms with Crippen LogP contribution in [0.25, 0.3) is 0 Å².